The van der Waals surface area contributed by atoms with Crippen LogP contribution in [0.5, 0.6) is 0 Å². The first-order valence-corrected chi connectivity index (χ1v) is 30.0. The maximum atomic E-state index is 11.0. The molecule has 0 saturated carbocycles. The third-order valence-corrected chi connectivity index (χ3v) is 11.7. The van der Waals surface area contributed by atoms with Crippen LogP contribution in [0.4, 0.5) is 34.1 Å². The van der Waals surface area contributed by atoms with Crippen LogP contribution in [0.3, 0.4) is 0 Å². The number of aldehydes is 1. The van der Waals surface area contributed by atoms with Crippen molar-refractivity contribution in [3.8, 4) is 24.2 Å². The minimum atomic E-state index is -4.64. The second-order valence-corrected chi connectivity index (χ2v) is 24.0. The largest absolute Gasteiger partial charge is 0.519 e. The van der Waals surface area contributed by atoms with E-state index in [0.717, 1.165) is 50.6 Å². The normalized spacial score (nSPS) is 11.1. The zero-order valence-corrected chi connectivity index (χ0v) is 58.9. The number of aromatic nitrogens is 6. The molecule has 6 aromatic rings. The lowest BCUT2D eigenvalue weighted by Crippen LogP contribution is -2.29. The fourth-order valence-corrected chi connectivity index (χ4v) is 6.49. The number of aliphatic hydroxyl groups excluding tert-OH is 4. The number of aryl methyl sites for hydroxylation is 6. The molecule has 0 aliphatic heterocycles. The number of hydrogen-bond acceptors (Lipinski definition) is 18. The molecule has 6 heterocycles. The van der Waals surface area contributed by atoms with E-state index in [1.165, 1.54) is 17.3 Å². The van der Waals surface area contributed by atoms with Crippen LogP contribution < -0.4 is 11.5 Å². The van der Waals surface area contributed by atoms with Gasteiger partial charge in [-0.25, -0.2) is 39.5 Å². The molecule has 6 rings (SSSR count). The van der Waals surface area contributed by atoms with E-state index in [9.17, 15) is 22.8 Å². The van der Waals surface area contributed by atoms with Gasteiger partial charge in [0.05, 0.1) is 36.0 Å². The second kappa shape index (κ2) is 52.4. The molecule has 0 spiro atoms. The Morgan fingerprint density at radius 1 is 0.591 bits per heavy atom. The van der Waals surface area contributed by atoms with Gasteiger partial charge in [0, 0.05) is 33.9 Å². The van der Waals surface area contributed by atoms with E-state index in [2.05, 4.69) is 81.4 Å². The second-order valence-electron chi connectivity index (χ2n) is 20.5. The Morgan fingerprint density at radius 2 is 0.968 bits per heavy atom. The van der Waals surface area contributed by atoms with Crippen molar-refractivity contribution < 1.29 is 62.2 Å². The molecule has 8 N–H and O–H groups in total. The van der Waals surface area contributed by atoms with Crippen LogP contribution in [-0.2, 0) is 31.8 Å². The zero-order valence-electron chi connectivity index (χ0n) is 52.2. The molecule has 0 aliphatic rings. The van der Waals surface area contributed by atoms with Crippen LogP contribution in [0.15, 0.2) is 85.7 Å². The minimum Gasteiger partial charge on any atom is -0.428 e. The molecule has 28 heteroatoms. The fourth-order valence-electron chi connectivity index (χ4n) is 4.97. The summed E-state index contributed by atoms with van der Waals surface area (Å²) in [4.78, 5) is 53.9. The van der Waals surface area contributed by atoms with E-state index in [1.54, 1.807) is 131 Å². The predicted octanol–water partition coefficient (Wildman–Crippen LogP) is 17.3. The predicted molar refractivity (Wildman–Crippen MR) is 381 cm³/mol. The molecule has 0 aromatic carbocycles. The van der Waals surface area contributed by atoms with Crippen LogP contribution in [0.2, 0.25) is 30.9 Å². The van der Waals surface area contributed by atoms with Crippen LogP contribution >= 0.6 is 92.2 Å². The van der Waals surface area contributed by atoms with Gasteiger partial charge in [-0.3, -0.25) is 4.79 Å². The summed E-state index contributed by atoms with van der Waals surface area (Å²) in [6.45, 7) is 24.6. The third-order valence-electron chi connectivity index (χ3n) is 9.27. The summed E-state index contributed by atoms with van der Waals surface area (Å²) in [6, 6.07) is 14.2. The van der Waals surface area contributed by atoms with E-state index < -0.39 is 48.2 Å². The highest BCUT2D eigenvalue weighted by Crippen LogP contribution is 2.19. The van der Waals surface area contributed by atoms with Crippen LogP contribution in [-0.4, -0.2) is 111 Å². The van der Waals surface area contributed by atoms with E-state index in [-0.39, 0.29) is 34.5 Å². The van der Waals surface area contributed by atoms with Gasteiger partial charge in [-0.15, -0.1) is 6.42 Å². The molecule has 0 fully saturated rings. The maximum Gasteiger partial charge on any atom is 0.519 e. The summed E-state index contributed by atoms with van der Waals surface area (Å²) in [5.74, 6) is 7.56. The number of aliphatic hydroxyl groups is 4. The molecular weight excluding hydrogens is 1450 g/mol. The molecule has 0 aliphatic carbocycles. The van der Waals surface area contributed by atoms with Gasteiger partial charge in [0.25, 0.3) is 0 Å². The van der Waals surface area contributed by atoms with Crippen LogP contribution in [0, 0.1) is 55.4 Å². The number of carbonyl (C=O) groups excluding carboxylic acids is 3. The Kier molecular flexibility index (Phi) is 55.3. The van der Waals surface area contributed by atoms with Gasteiger partial charge < -0.3 is 46.1 Å². The Balaban J connectivity index is -0.000000232. The average molecular weight is 1540 g/mol. The summed E-state index contributed by atoms with van der Waals surface area (Å²) in [6.07, 6.45) is 8.09. The third kappa shape index (κ3) is 60.8. The molecule has 18 nitrogen and oxygen atoms in total. The lowest BCUT2D eigenvalue weighted by molar-refractivity contribution is -0.156. The molecule has 4 atom stereocenters. The summed E-state index contributed by atoms with van der Waals surface area (Å²) >= 11 is 35.9. The number of nitrogens with two attached hydrogens (primary N) is 2. The smallest absolute Gasteiger partial charge is 0.428 e. The number of halogens is 10. The SMILES string of the molecule is C.C.C.C#C[C@@H](C)O.CC(C)(C)OC(=O)OC(=O)OC(C)(C)C.C[C@@H](O)CCc1cc(Cl)ncc1N.Cc1ccc(Cl)nc1.Cc1cnc(Cl)cc1C#C[C@@H](C)O.Cc1cnc(Cl)cc1CC[C@@H](C)O.Cc1cnc(Cl)cc1I.Nc1ccc(Cl)nc1.O=CC(F)(F)F. The summed E-state index contributed by atoms with van der Waals surface area (Å²) < 4.78 is 46.2. The average Bonchev–Trinajstić information content (AvgIpc) is 1.79. The topological polar surface area (TPSA) is 289 Å². The van der Waals surface area contributed by atoms with Gasteiger partial charge in [0.2, 0.25) is 6.29 Å². The van der Waals surface area contributed by atoms with Gasteiger partial charge in [-0.2, -0.15) is 13.2 Å². The first-order chi connectivity index (χ1) is 41.4. The number of rotatable bonds is 6. The number of ether oxygens (including phenoxy) is 3. The summed E-state index contributed by atoms with van der Waals surface area (Å²) in [5.41, 5.74) is 18.2. The highest BCUT2D eigenvalue weighted by molar-refractivity contribution is 14.1. The number of alkyl halides is 3. The first-order valence-electron chi connectivity index (χ1n) is 26.6. The van der Waals surface area contributed by atoms with Crippen LogP contribution in [0.25, 0.3) is 0 Å². The van der Waals surface area contributed by atoms with Gasteiger partial charge in [0.15, 0.2) is 0 Å². The lowest BCUT2D eigenvalue weighted by atomic mass is 10.0. The molecule has 0 amide bonds. The summed E-state index contributed by atoms with van der Waals surface area (Å²) in [7, 11) is 0. The number of hydrogen-bond donors (Lipinski definition) is 6. The zero-order chi connectivity index (χ0) is 70.1. The van der Waals surface area contributed by atoms with Crippen molar-refractivity contribution >= 4 is 122 Å². The number of terminal acetylenes is 1. The molecule has 0 unspecified atom stereocenters. The molecule has 520 valence electrons. The van der Waals surface area contributed by atoms with E-state index in [0.29, 0.717) is 48.7 Å². The molecule has 0 bridgehead atoms. The molecule has 93 heavy (non-hydrogen) atoms. The van der Waals surface area contributed by atoms with Gasteiger partial charge >= 0.3 is 18.5 Å². The highest BCUT2D eigenvalue weighted by Gasteiger charge is 2.25. The number of anilines is 2. The van der Waals surface area contributed by atoms with E-state index in [4.69, 9.17) is 116 Å². The van der Waals surface area contributed by atoms with Gasteiger partial charge in [0.1, 0.15) is 54.3 Å². The first kappa shape index (κ1) is 98.2. The number of nitrogen functional groups attached to an aromatic ring is 2. The van der Waals surface area contributed by atoms with Crippen molar-refractivity contribution in [3.63, 3.8) is 0 Å². The maximum absolute atomic E-state index is 11.0. The Morgan fingerprint density at radius 3 is 1.31 bits per heavy atom. The number of nitrogens with zero attached hydrogens (tertiary/aromatic N) is 6. The van der Waals surface area contributed by atoms with Crippen molar-refractivity contribution in [2.45, 2.75) is 187 Å². The Bertz CT molecular complexity index is 2990. The highest BCUT2D eigenvalue weighted by atomic mass is 127. The standard InChI is InChI=1S/C10H14ClNO.C10H10ClNO.C10H18O5.C9H13ClN2O.C6H5ClIN.C6H6ClN.C5H5ClN2.C4H6O.C2HF3O.3CH4/c2*1-7-6-12-10(11)5-9(7)4-3-8(2)13;1-9(2,3)14-7(11)13-8(12)15-10(4,5)6;1-6(13)2-3-7-4-9(10)12-5-8(7)11;1-4-3-9-6(7)2-5(4)8;1-5-2-3-6(7)8-4-5;6-5-2-1-4(7)3-8-5;1-3-4(2)5;3-2(4,5)1-6;;;/h5-6,8,13H,3-4H2,1-2H3;5-6,8,13H,1-2H3;1-6H3;4-6,13H,2-3,11H2,1H3;2-3H,1H3;2-4H,1H3;1-3H,7H2;1,4-5H,2H3;1H;3*1H4/t2*8-;;6-;;;;4-;;;;/m11.1...1..../s1. The van der Waals surface area contributed by atoms with Crippen molar-refractivity contribution in [1.29, 1.82) is 0 Å². The van der Waals surface area contributed by atoms with Crippen molar-refractivity contribution in [1.82, 2.24) is 29.9 Å². The van der Waals surface area contributed by atoms with Crippen LogP contribution in [0.1, 0.15) is 143 Å². The number of pyridine rings is 6. The van der Waals surface area contributed by atoms with Gasteiger partial charge in [-0.05, 0) is 221 Å². The van der Waals surface area contributed by atoms with Gasteiger partial charge in [-0.1, -0.05) is 116 Å². The minimum absolute atomic E-state index is 0. The summed E-state index contributed by atoms with van der Waals surface area (Å²) in [5, 5.41) is 38.2. The van der Waals surface area contributed by atoms with Crippen molar-refractivity contribution in [2.24, 2.45) is 0 Å². The van der Waals surface area contributed by atoms with E-state index >= 15 is 0 Å². The Labute approximate surface area is 591 Å². The molecule has 0 radical (unpaired) electrons. The van der Waals surface area contributed by atoms with E-state index in [1.807, 2.05) is 45.9 Å². The fraction of sp³-hybridized carbons (Fsp3) is 0.431. The number of carbonyl (C=O) groups is 3. The lowest BCUT2D eigenvalue weighted by Gasteiger charge is -2.20. The molecular formula is C65H90Cl6F3IN8O10. The molecule has 6 aromatic heterocycles. The van der Waals surface area contributed by atoms with Crippen molar-refractivity contribution in [2.75, 3.05) is 11.5 Å². The quantitative estimate of drug-likeness (QED) is 0.0226. The monoisotopic (exact) mass is 1540 g/mol. The molecule has 0 saturated heterocycles. The Hall–Kier alpha value is -5.87. The van der Waals surface area contributed by atoms with Crippen molar-refractivity contribution in [3.05, 3.63) is 159 Å².